The zero-order valence-corrected chi connectivity index (χ0v) is 14.5. The fourth-order valence-electron chi connectivity index (χ4n) is 2.58. The van der Waals surface area contributed by atoms with Crippen LogP contribution in [0.4, 0.5) is 0 Å². The Bertz CT molecular complexity index is 373. The molecule has 0 saturated carbocycles. The monoisotopic (exact) mass is 369 g/mol. The van der Waals surface area contributed by atoms with Gasteiger partial charge in [0.2, 0.25) is 0 Å². The van der Waals surface area contributed by atoms with Gasteiger partial charge in [-0.05, 0) is 13.0 Å². The third-order valence-corrected chi connectivity index (χ3v) is 4.30. The fraction of sp³-hybridized carbons (Fsp3) is 1.00. The molecule has 0 aromatic rings. The molecule has 0 unspecified atom stereocenters. The van der Waals surface area contributed by atoms with Crippen LogP contribution in [0.15, 0.2) is 0 Å². The van der Waals surface area contributed by atoms with E-state index in [0.717, 1.165) is 0 Å². The standard InChI is InChI=1S/C15H31NO9/c1-3-7(18)10(19)11(20)8(5-16-4-2)24-15-14(23)13(22)12(21)9(6-17)25-15/h7-23H,3-6H2,1-2H3/t7-,8+,9-,10-,11-,12-,13+,14-,15+/m1/s1. The molecule has 8 N–H and O–H groups in total. The van der Waals surface area contributed by atoms with Gasteiger partial charge in [-0.15, -0.1) is 0 Å². The van der Waals surface area contributed by atoms with Gasteiger partial charge in [-0.3, -0.25) is 0 Å². The molecule has 0 amide bonds. The Morgan fingerprint density at radius 1 is 1.00 bits per heavy atom. The van der Waals surface area contributed by atoms with Crippen LogP contribution in [0.5, 0.6) is 0 Å². The van der Waals surface area contributed by atoms with E-state index in [1.807, 2.05) is 6.92 Å². The Labute approximate surface area is 146 Å². The summed E-state index contributed by atoms with van der Waals surface area (Å²) in [5, 5.41) is 71.7. The van der Waals surface area contributed by atoms with Crippen molar-refractivity contribution in [2.24, 2.45) is 0 Å². The first kappa shape index (κ1) is 22.6. The molecule has 10 heteroatoms. The van der Waals surface area contributed by atoms with Crippen LogP contribution in [-0.4, -0.2) is 111 Å². The third-order valence-electron chi connectivity index (χ3n) is 4.30. The van der Waals surface area contributed by atoms with Crippen LogP contribution in [-0.2, 0) is 9.47 Å². The second kappa shape index (κ2) is 10.7. The van der Waals surface area contributed by atoms with Gasteiger partial charge in [0.05, 0.1) is 12.7 Å². The smallest absolute Gasteiger partial charge is 0.187 e. The fourth-order valence-corrected chi connectivity index (χ4v) is 2.58. The quantitative estimate of drug-likeness (QED) is 0.191. The molecular weight excluding hydrogens is 338 g/mol. The van der Waals surface area contributed by atoms with Crippen molar-refractivity contribution < 1.29 is 45.2 Å². The van der Waals surface area contributed by atoms with E-state index in [1.54, 1.807) is 6.92 Å². The molecule has 0 aliphatic carbocycles. The summed E-state index contributed by atoms with van der Waals surface area (Å²) in [6.45, 7) is 3.45. The van der Waals surface area contributed by atoms with Gasteiger partial charge in [-0.25, -0.2) is 0 Å². The number of rotatable bonds is 10. The number of likely N-dealkylation sites (N-methyl/N-ethyl adjacent to an activating group) is 1. The highest BCUT2D eigenvalue weighted by molar-refractivity contribution is 4.90. The maximum atomic E-state index is 10.3. The Hall–Kier alpha value is -0.400. The van der Waals surface area contributed by atoms with Gasteiger partial charge >= 0.3 is 0 Å². The molecule has 0 aromatic heterocycles. The molecule has 10 nitrogen and oxygen atoms in total. The minimum Gasteiger partial charge on any atom is -0.394 e. The van der Waals surface area contributed by atoms with Gasteiger partial charge in [-0.2, -0.15) is 0 Å². The van der Waals surface area contributed by atoms with Crippen molar-refractivity contribution in [2.45, 2.75) is 75.4 Å². The van der Waals surface area contributed by atoms with Gasteiger partial charge in [-0.1, -0.05) is 13.8 Å². The Kier molecular flexibility index (Phi) is 9.67. The highest BCUT2D eigenvalue weighted by atomic mass is 16.7. The molecule has 1 aliphatic heterocycles. The van der Waals surface area contributed by atoms with E-state index in [4.69, 9.17) is 9.47 Å². The van der Waals surface area contributed by atoms with Crippen molar-refractivity contribution in [3.63, 3.8) is 0 Å². The van der Waals surface area contributed by atoms with Gasteiger partial charge in [0.1, 0.15) is 42.7 Å². The number of hydrogen-bond acceptors (Lipinski definition) is 10. The number of ether oxygens (including phenoxy) is 2. The topological polar surface area (TPSA) is 172 Å². The summed E-state index contributed by atoms with van der Waals surface area (Å²) in [7, 11) is 0. The summed E-state index contributed by atoms with van der Waals surface area (Å²) in [6.07, 6.45) is -12.4. The van der Waals surface area contributed by atoms with Crippen LogP contribution in [0.3, 0.4) is 0 Å². The molecule has 9 atom stereocenters. The largest absolute Gasteiger partial charge is 0.394 e. The van der Waals surface area contributed by atoms with E-state index in [9.17, 15) is 35.7 Å². The lowest BCUT2D eigenvalue weighted by Gasteiger charge is -2.42. The SMILES string of the molecule is CCNC[C@H](O[C@H]1O[C@H](CO)[C@@H](O)[C@H](O)[C@H]1O)[C@@H](O)[C@H](O)[C@H](O)CC. The van der Waals surface area contributed by atoms with Gasteiger partial charge in [0.15, 0.2) is 6.29 Å². The van der Waals surface area contributed by atoms with Crippen molar-refractivity contribution in [2.75, 3.05) is 19.7 Å². The minimum atomic E-state index is -1.62. The molecule has 0 bridgehead atoms. The average Bonchev–Trinajstić information content (AvgIpc) is 2.62. The molecule has 0 spiro atoms. The first-order chi connectivity index (χ1) is 11.8. The van der Waals surface area contributed by atoms with Gasteiger partial charge in [0, 0.05) is 6.54 Å². The third kappa shape index (κ3) is 5.79. The van der Waals surface area contributed by atoms with E-state index in [-0.39, 0.29) is 13.0 Å². The molecular formula is C15H31NO9. The highest BCUT2D eigenvalue weighted by Crippen LogP contribution is 2.24. The summed E-state index contributed by atoms with van der Waals surface area (Å²) in [5.41, 5.74) is 0. The molecule has 1 aliphatic rings. The zero-order chi connectivity index (χ0) is 19.1. The van der Waals surface area contributed by atoms with Crippen molar-refractivity contribution in [3.8, 4) is 0 Å². The van der Waals surface area contributed by atoms with Crippen molar-refractivity contribution in [1.82, 2.24) is 5.32 Å². The van der Waals surface area contributed by atoms with Gasteiger partial charge < -0.3 is 50.5 Å². The molecule has 1 saturated heterocycles. The van der Waals surface area contributed by atoms with Crippen LogP contribution in [0, 0.1) is 0 Å². The van der Waals surface area contributed by atoms with Crippen molar-refractivity contribution in [1.29, 1.82) is 0 Å². The minimum absolute atomic E-state index is 0.0696. The predicted octanol–water partition coefficient (Wildman–Crippen LogP) is -3.73. The summed E-state index contributed by atoms with van der Waals surface area (Å²) >= 11 is 0. The van der Waals surface area contributed by atoms with Crippen molar-refractivity contribution >= 4 is 0 Å². The van der Waals surface area contributed by atoms with E-state index in [2.05, 4.69) is 5.32 Å². The Morgan fingerprint density at radius 2 is 1.64 bits per heavy atom. The van der Waals surface area contributed by atoms with E-state index >= 15 is 0 Å². The summed E-state index contributed by atoms with van der Waals surface area (Å²) in [5.74, 6) is 0. The second-order valence-electron chi connectivity index (χ2n) is 6.14. The Balaban J connectivity index is 2.85. The normalized spacial score (nSPS) is 35.2. The van der Waals surface area contributed by atoms with Gasteiger partial charge in [0.25, 0.3) is 0 Å². The molecule has 1 rings (SSSR count). The average molecular weight is 369 g/mol. The first-order valence-corrected chi connectivity index (χ1v) is 8.49. The predicted molar refractivity (Wildman–Crippen MR) is 85.5 cm³/mol. The summed E-state index contributed by atoms with van der Waals surface area (Å²) in [6, 6.07) is 0. The maximum absolute atomic E-state index is 10.3. The zero-order valence-electron chi connectivity index (χ0n) is 14.5. The molecule has 150 valence electrons. The van der Waals surface area contributed by atoms with Crippen LogP contribution < -0.4 is 5.32 Å². The van der Waals surface area contributed by atoms with E-state index in [1.165, 1.54) is 0 Å². The summed E-state index contributed by atoms with van der Waals surface area (Å²) < 4.78 is 10.7. The number of hydrogen-bond donors (Lipinski definition) is 8. The molecule has 1 fully saturated rings. The van der Waals surface area contributed by atoms with Crippen LogP contribution >= 0.6 is 0 Å². The lowest BCUT2D eigenvalue weighted by Crippen LogP contribution is -2.61. The molecule has 25 heavy (non-hydrogen) atoms. The summed E-state index contributed by atoms with van der Waals surface area (Å²) in [4.78, 5) is 0. The molecule has 0 radical (unpaired) electrons. The van der Waals surface area contributed by atoms with Crippen LogP contribution in [0.25, 0.3) is 0 Å². The first-order valence-electron chi connectivity index (χ1n) is 8.49. The van der Waals surface area contributed by atoms with Crippen LogP contribution in [0.1, 0.15) is 20.3 Å². The number of nitrogens with one attached hydrogen (secondary N) is 1. The van der Waals surface area contributed by atoms with E-state index in [0.29, 0.717) is 6.54 Å². The second-order valence-corrected chi connectivity index (χ2v) is 6.14. The lowest BCUT2D eigenvalue weighted by molar-refractivity contribution is -0.319. The van der Waals surface area contributed by atoms with Crippen molar-refractivity contribution in [3.05, 3.63) is 0 Å². The number of aliphatic hydroxyl groups is 7. The molecule has 0 aromatic carbocycles. The lowest BCUT2D eigenvalue weighted by atomic mass is 9.98. The van der Waals surface area contributed by atoms with E-state index < -0.39 is 61.7 Å². The van der Waals surface area contributed by atoms with Crippen LogP contribution in [0.2, 0.25) is 0 Å². The number of aliphatic hydroxyl groups excluding tert-OH is 7. The highest BCUT2D eigenvalue weighted by Gasteiger charge is 2.46. The maximum Gasteiger partial charge on any atom is 0.187 e. The molecule has 1 heterocycles. The Morgan fingerprint density at radius 3 is 2.16 bits per heavy atom.